The van der Waals surface area contributed by atoms with Crippen LogP contribution in [-0.4, -0.2) is 54.2 Å². The standard InChI is InChI=1S/C9H18N2O2/c1-7-4-8(12)6-11(5-7)9(13)10(2)3/h7-8,12H,4-6H2,1-3H3/t7-,8+/m1/s1. The molecule has 4 nitrogen and oxygen atoms in total. The summed E-state index contributed by atoms with van der Waals surface area (Å²) in [4.78, 5) is 14.8. The Kier molecular flexibility index (Phi) is 3.14. The van der Waals surface area contributed by atoms with Gasteiger partial charge in [-0.1, -0.05) is 6.92 Å². The fourth-order valence-corrected chi connectivity index (χ4v) is 1.76. The molecule has 76 valence electrons. The number of carbonyl (C=O) groups excluding carboxylic acids is 1. The van der Waals surface area contributed by atoms with Crippen LogP contribution >= 0.6 is 0 Å². The molecule has 1 saturated heterocycles. The molecular weight excluding hydrogens is 168 g/mol. The summed E-state index contributed by atoms with van der Waals surface area (Å²) in [5.74, 6) is 0.396. The van der Waals surface area contributed by atoms with E-state index in [-0.39, 0.29) is 12.1 Å². The van der Waals surface area contributed by atoms with Gasteiger partial charge in [0.25, 0.3) is 0 Å². The predicted molar refractivity (Wildman–Crippen MR) is 50.4 cm³/mol. The number of aliphatic hydroxyl groups is 1. The Balaban J connectivity index is 2.55. The Hall–Kier alpha value is -0.770. The van der Waals surface area contributed by atoms with Crippen LogP contribution in [0.25, 0.3) is 0 Å². The molecule has 1 fully saturated rings. The van der Waals surface area contributed by atoms with E-state index in [0.29, 0.717) is 12.5 Å². The summed E-state index contributed by atoms with van der Waals surface area (Å²) in [6, 6.07) is -0.00870. The monoisotopic (exact) mass is 186 g/mol. The van der Waals surface area contributed by atoms with E-state index >= 15 is 0 Å². The Bertz CT molecular complexity index is 184. The summed E-state index contributed by atoms with van der Waals surface area (Å²) >= 11 is 0. The summed E-state index contributed by atoms with van der Waals surface area (Å²) in [5, 5.41) is 9.47. The van der Waals surface area contributed by atoms with E-state index in [1.54, 1.807) is 23.9 Å². The van der Waals surface area contributed by atoms with Crippen molar-refractivity contribution in [2.24, 2.45) is 5.92 Å². The van der Waals surface area contributed by atoms with Gasteiger partial charge in [-0.25, -0.2) is 4.79 Å². The van der Waals surface area contributed by atoms with Crippen molar-refractivity contribution in [1.82, 2.24) is 9.80 Å². The largest absolute Gasteiger partial charge is 0.391 e. The summed E-state index contributed by atoms with van der Waals surface area (Å²) < 4.78 is 0. The van der Waals surface area contributed by atoms with Crippen molar-refractivity contribution in [2.75, 3.05) is 27.2 Å². The van der Waals surface area contributed by atoms with Gasteiger partial charge in [-0.3, -0.25) is 0 Å². The van der Waals surface area contributed by atoms with Crippen LogP contribution in [0.4, 0.5) is 4.79 Å². The summed E-state index contributed by atoms with van der Waals surface area (Å²) in [7, 11) is 3.46. The third-order valence-electron chi connectivity index (χ3n) is 2.29. The zero-order valence-electron chi connectivity index (χ0n) is 8.53. The molecule has 0 spiro atoms. The lowest BCUT2D eigenvalue weighted by Gasteiger charge is -2.35. The van der Waals surface area contributed by atoms with Gasteiger partial charge in [-0.15, -0.1) is 0 Å². The molecule has 0 aliphatic carbocycles. The number of aliphatic hydroxyl groups excluding tert-OH is 1. The molecule has 0 aromatic heterocycles. The minimum Gasteiger partial charge on any atom is -0.391 e. The van der Waals surface area contributed by atoms with Crippen molar-refractivity contribution >= 4 is 6.03 Å². The van der Waals surface area contributed by atoms with Crippen LogP contribution in [-0.2, 0) is 0 Å². The highest BCUT2D eigenvalue weighted by Gasteiger charge is 2.27. The number of likely N-dealkylation sites (tertiary alicyclic amines) is 1. The predicted octanol–water partition coefficient (Wildman–Crippen LogP) is 0.371. The molecule has 1 N–H and O–H groups in total. The minimum absolute atomic E-state index is 0.00870. The maximum atomic E-state index is 11.5. The third-order valence-corrected chi connectivity index (χ3v) is 2.29. The molecule has 1 rings (SSSR count). The second kappa shape index (κ2) is 3.96. The zero-order valence-corrected chi connectivity index (χ0v) is 8.53. The Morgan fingerprint density at radius 2 is 2.08 bits per heavy atom. The molecule has 13 heavy (non-hydrogen) atoms. The van der Waals surface area contributed by atoms with Crippen molar-refractivity contribution in [3.05, 3.63) is 0 Å². The Morgan fingerprint density at radius 1 is 1.46 bits per heavy atom. The number of nitrogens with zero attached hydrogens (tertiary/aromatic N) is 2. The first-order chi connectivity index (χ1) is 6.00. The van der Waals surface area contributed by atoms with Crippen LogP contribution in [0.15, 0.2) is 0 Å². The molecular formula is C9H18N2O2. The number of β-amino-alcohol motifs (C(OH)–C–C–N with tert-alkyl or cyclic N) is 1. The van der Waals surface area contributed by atoms with Crippen LogP contribution in [0.2, 0.25) is 0 Å². The fraction of sp³-hybridized carbons (Fsp3) is 0.889. The van der Waals surface area contributed by atoms with Crippen molar-refractivity contribution in [3.63, 3.8) is 0 Å². The van der Waals surface area contributed by atoms with E-state index in [1.807, 2.05) is 0 Å². The van der Waals surface area contributed by atoms with E-state index in [2.05, 4.69) is 6.92 Å². The van der Waals surface area contributed by atoms with E-state index < -0.39 is 0 Å². The highest BCUT2D eigenvalue weighted by Crippen LogP contribution is 2.16. The van der Waals surface area contributed by atoms with Gasteiger partial charge < -0.3 is 14.9 Å². The molecule has 0 saturated carbocycles. The van der Waals surface area contributed by atoms with Crippen LogP contribution in [0.3, 0.4) is 0 Å². The van der Waals surface area contributed by atoms with Crippen molar-refractivity contribution in [2.45, 2.75) is 19.4 Å². The SMILES string of the molecule is C[C@@H]1C[C@H](O)CN(C(=O)N(C)C)C1. The van der Waals surface area contributed by atoms with Gasteiger partial charge in [-0.05, 0) is 12.3 Å². The first-order valence-corrected chi connectivity index (χ1v) is 4.65. The van der Waals surface area contributed by atoms with Gasteiger partial charge in [0.05, 0.1) is 6.10 Å². The first kappa shape index (κ1) is 10.3. The molecule has 0 unspecified atom stereocenters. The molecule has 0 aromatic rings. The number of carbonyl (C=O) groups is 1. The van der Waals surface area contributed by atoms with E-state index in [9.17, 15) is 9.90 Å². The van der Waals surface area contributed by atoms with Gasteiger partial charge in [0.15, 0.2) is 0 Å². The van der Waals surface area contributed by atoms with E-state index in [1.165, 1.54) is 0 Å². The summed E-state index contributed by atoms with van der Waals surface area (Å²) in [6.45, 7) is 3.29. The maximum absolute atomic E-state index is 11.5. The lowest BCUT2D eigenvalue weighted by molar-refractivity contribution is 0.0535. The minimum atomic E-state index is -0.354. The molecule has 1 heterocycles. The number of hydrogen-bond donors (Lipinski definition) is 1. The molecule has 4 heteroatoms. The highest BCUT2D eigenvalue weighted by molar-refractivity contribution is 5.73. The first-order valence-electron chi connectivity index (χ1n) is 4.65. The maximum Gasteiger partial charge on any atom is 0.319 e. The van der Waals surface area contributed by atoms with Gasteiger partial charge in [0, 0.05) is 27.2 Å². The number of amides is 2. The average Bonchev–Trinajstić information content (AvgIpc) is 2.01. The van der Waals surface area contributed by atoms with Crippen LogP contribution in [0.1, 0.15) is 13.3 Å². The van der Waals surface area contributed by atoms with E-state index in [4.69, 9.17) is 0 Å². The average molecular weight is 186 g/mol. The van der Waals surface area contributed by atoms with Crippen molar-refractivity contribution in [1.29, 1.82) is 0 Å². The van der Waals surface area contributed by atoms with Crippen molar-refractivity contribution < 1.29 is 9.90 Å². The third kappa shape index (κ3) is 2.59. The second-order valence-corrected chi connectivity index (χ2v) is 4.08. The summed E-state index contributed by atoms with van der Waals surface area (Å²) in [6.07, 6.45) is 0.449. The van der Waals surface area contributed by atoms with Gasteiger partial charge >= 0.3 is 6.03 Å². The Morgan fingerprint density at radius 3 is 2.54 bits per heavy atom. The van der Waals surface area contributed by atoms with Crippen LogP contribution < -0.4 is 0 Å². The Labute approximate surface area is 79.1 Å². The number of piperidine rings is 1. The number of urea groups is 1. The highest BCUT2D eigenvalue weighted by atomic mass is 16.3. The lowest BCUT2D eigenvalue weighted by atomic mass is 9.98. The fourth-order valence-electron chi connectivity index (χ4n) is 1.76. The molecule has 0 bridgehead atoms. The lowest BCUT2D eigenvalue weighted by Crippen LogP contribution is -2.49. The zero-order chi connectivity index (χ0) is 10.0. The normalized spacial score (nSPS) is 28.8. The quantitative estimate of drug-likeness (QED) is 0.594. The molecule has 1 aliphatic rings. The van der Waals surface area contributed by atoms with Gasteiger partial charge in [-0.2, -0.15) is 0 Å². The molecule has 2 amide bonds. The summed E-state index contributed by atoms with van der Waals surface area (Å²) in [5.41, 5.74) is 0. The van der Waals surface area contributed by atoms with Gasteiger partial charge in [0.2, 0.25) is 0 Å². The van der Waals surface area contributed by atoms with Crippen LogP contribution in [0, 0.1) is 5.92 Å². The second-order valence-electron chi connectivity index (χ2n) is 4.08. The molecule has 2 atom stereocenters. The van der Waals surface area contributed by atoms with Crippen molar-refractivity contribution in [3.8, 4) is 0 Å². The number of hydrogen-bond acceptors (Lipinski definition) is 2. The number of rotatable bonds is 0. The topological polar surface area (TPSA) is 43.8 Å². The van der Waals surface area contributed by atoms with Gasteiger partial charge in [0.1, 0.15) is 0 Å². The smallest absolute Gasteiger partial charge is 0.319 e. The van der Waals surface area contributed by atoms with E-state index in [0.717, 1.165) is 13.0 Å². The molecule has 0 radical (unpaired) electrons. The van der Waals surface area contributed by atoms with Crippen LogP contribution in [0.5, 0.6) is 0 Å². The molecule has 1 aliphatic heterocycles. The molecule has 0 aromatic carbocycles.